The molecule has 7 nitrogen and oxygen atoms in total. The summed E-state index contributed by atoms with van der Waals surface area (Å²) < 4.78 is 21.4. The van der Waals surface area contributed by atoms with Gasteiger partial charge in [0.05, 0.1) is 5.02 Å². The van der Waals surface area contributed by atoms with Crippen LogP contribution >= 0.6 is 11.6 Å². The van der Waals surface area contributed by atoms with Gasteiger partial charge in [-0.1, -0.05) is 29.8 Å². The fraction of sp³-hybridized carbons (Fsp3) is 0.238. The molecule has 1 unspecified atom stereocenters. The van der Waals surface area contributed by atoms with Gasteiger partial charge in [0.2, 0.25) is 12.6 Å². The number of amides is 1. The van der Waals surface area contributed by atoms with E-state index in [1.165, 1.54) is 6.92 Å². The van der Waals surface area contributed by atoms with Gasteiger partial charge in [0.15, 0.2) is 23.2 Å². The number of esters is 1. The third-order valence-corrected chi connectivity index (χ3v) is 4.96. The van der Waals surface area contributed by atoms with E-state index < -0.39 is 18.0 Å². The molecular formula is C21H18ClNO6. The van der Waals surface area contributed by atoms with Crippen molar-refractivity contribution in [3.63, 3.8) is 0 Å². The lowest BCUT2D eigenvalue weighted by Crippen LogP contribution is -2.35. The lowest BCUT2D eigenvalue weighted by atomic mass is 10.1. The summed E-state index contributed by atoms with van der Waals surface area (Å²) in [7, 11) is 0. The maximum Gasteiger partial charge on any atom is 0.375 e. The summed E-state index contributed by atoms with van der Waals surface area (Å²) in [4.78, 5) is 24.8. The van der Waals surface area contributed by atoms with Crippen molar-refractivity contribution in [1.29, 1.82) is 0 Å². The van der Waals surface area contributed by atoms with Crippen molar-refractivity contribution in [3.05, 3.63) is 58.3 Å². The number of hydrogen-bond donors (Lipinski definition) is 1. The first-order valence-corrected chi connectivity index (χ1v) is 9.36. The summed E-state index contributed by atoms with van der Waals surface area (Å²) in [5.41, 5.74) is 1.86. The maximum absolute atomic E-state index is 12.5. The van der Waals surface area contributed by atoms with Crippen LogP contribution in [0.5, 0.6) is 11.5 Å². The third-order valence-electron chi connectivity index (χ3n) is 4.66. The van der Waals surface area contributed by atoms with Crippen LogP contribution in [0.3, 0.4) is 0 Å². The number of benzene rings is 2. The first-order chi connectivity index (χ1) is 13.9. The number of fused-ring (bicyclic) bond motifs is 2. The molecule has 1 aromatic heterocycles. The van der Waals surface area contributed by atoms with Crippen LogP contribution in [0, 0.1) is 6.92 Å². The zero-order valence-corrected chi connectivity index (χ0v) is 16.5. The van der Waals surface area contributed by atoms with Crippen LogP contribution in [-0.2, 0) is 16.1 Å². The molecule has 0 saturated heterocycles. The molecule has 1 N–H and O–H groups in total. The zero-order valence-electron chi connectivity index (χ0n) is 15.8. The summed E-state index contributed by atoms with van der Waals surface area (Å²) in [6, 6.07) is 10.6. The van der Waals surface area contributed by atoms with Gasteiger partial charge in [-0.3, -0.25) is 4.79 Å². The summed E-state index contributed by atoms with van der Waals surface area (Å²) in [6.07, 6.45) is -1.00. The van der Waals surface area contributed by atoms with E-state index in [9.17, 15) is 9.59 Å². The molecule has 150 valence electrons. The van der Waals surface area contributed by atoms with E-state index in [1.54, 1.807) is 37.3 Å². The van der Waals surface area contributed by atoms with Crippen LogP contribution in [0.2, 0.25) is 5.02 Å². The van der Waals surface area contributed by atoms with E-state index in [0.29, 0.717) is 27.7 Å². The first kappa shape index (κ1) is 19.1. The number of halogens is 1. The van der Waals surface area contributed by atoms with E-state index in [0.717, 1.165) is 10.9 Å². The first-order valence-electron chi connectivity index (χ1n) is 8.99. The van der Waals surface area contributed by atoms with Gasteiger partial charge in [0.25, 0.3) is 5.91 Å². The molecule has 0 radical (unpaired) electrons. The van der Waals surface area contributed by atoms with Gasteiger partial charge in [0, 0.05) is 17.5 Å². The Morgan fingerprint density at radius 1 is 1.21 bits per heavy atom. The van der Waals surface area contributed by atoms with Crippen molar-refractivity contribution in [2.45, 2.75) is 26.5 Å². The molecular weight excluding hydrogens is 398 g/mol. The maximum atomic E-state index is 12.5. The van der Waals surface area contributed by atoms with Crippen LogP contribution < -0.4 is 14.8 Å². The highest BCUT2D eigenvalue weighted by Crippen LogP contribution is 2.33. The van der Waals surface area contributed by atoms with Crippen LogP contribution in [-0.4, -0.2) is 24.8 Å². The van der Waals surface area contributed by atoms with Gasteiger partial charge in [0.1, 0.15) is 0 Å². The highest BCUT2D eigenvalue weighted by Gasteiger charge is 2.25. The van der Waals surface area contributed by atoms with Gasteiger partial charge in [-0.05, 0) is 37.6 Å². The fourth-order valence-corrected chi connectivity index (χ4v) is 3.27. The Bertz CT molecular complexity index is 1110. The van der Waals surface area contributed by atoms with Gasteiger partial charge in [-0.15, -0.1) is 0 Å². The van der Waals surface area contributed by atoms with Crippen LogP contribution in [0.25, 0.3) is 11.0 Å². The smallest absolute Gasteiger partial charge is 0.375 e. The molecule has 0 fully saturated rings. The molecule has 1 aliphatic rings. The SMILES string of the molecule is Cc1c(C(=O)OC(C)C(=O)NCc2ccc3c(c2)OCO3)oc2c(Cl)cccc12. The summed E-state index contributed by atoms with van der Waals surface area (Å²) in [5.74, 6) is 0.186. The van der Waals surface area contributed by atoms with Crippen LogP contribution in [0.1, 0.15) is 28.6 Å². The van der Waals surface area contributed by atoms with Crippen molar-refractivity contribution in [2.75, 3.05) is 6.79 Å². The Morgan fingerprint density at radius 2 is 2.00 bits per heavy atom. The van der Waals surface area contributed by atoms with Crippen LogP contribution in [0.15, 0.2) is 40.8 Å². The van der Waals surface area contributed by atoms with Gasteiger partial charge >= 0.3 is 5.97 Å². The second-order valence-corrected chi connectivity index (χ2v) is 7.03. The average molecular weight is 416 g/mol. The molecule has 2 aromatic carbocycles. The molecule has 0 saturated carbocycles. The monoisotopic (exact) mass is 415 g/mol. The highest BCUT2D eigenvalue weighted by atomic mass is 35.5. The van der Waals surface area contributed by atoms with Gasteiger partial charge in [-0.25, -0.2) is 4.79 Å². The number of para-hydroxylation sites is 1. The molecule has 29 heavy (non-hydrogen) atoms. The predicted octanol–water partition coefficient (Wildman–Crippen LogP) is 3.99. The molecule has 0 aliphatic carbocycles. The number of hydrogen-bond acceptors (Lipinski definition) is 6. The number of rotatable bonds is 5. The standard InChI is InChI=1S/C21H18ClNO6/c1-11-14-4-3-5-15(22)19(14)29-18(11)21(25)28-12(2)20(24)23-9-13-6-7-16-17(8-13)27-10-26-16/h3-8,12H,9-10H2,1-2H3,(H,23,24). The largest absolute Gasteiger partial charge is 0.454 e. The minimum atomic E-state index is -1.00. The average Bonchev–Trinajstić information content (AvgIpc) is 3.31. The number of aryl methyl sites for hydroxylation is 1. The molecule has 3 aromatic rings. The molecule has 0 bridgehead atoms. The lowest BCUT2D eigenvalue weighted by molar-refractivity contribution is -0.129. The Morgan fingerprint density at radius 3 is 2.79 bits per heavy atom. The zero-order chi connectivity index (χ0) is 20.5. The Labute approximate surface area is 171 Å². The fourth-order valence-electron chi connectivity index (χ4n) is 3.05. The molecule has 1 aliphatic heterocycles. The second-order valence-electron chi connectivity index (χ2n) is 6.63. The van der Waals surface area contributed by atoms with Gasteiger partial charge in [-0.2, -0.15) is 0 Å². The summed E-state index contributed by atoms with van der Waals surface area (Å²) >= 11 is 6.11. The van der Waals surface area contributed by atoms with Crippen molar-refractivity contribution < 1.29 is 28.2 Å². The molecule has 1 amide bonds. The summed E-state index contributed by atoms with van der Waals surface area (Å²) in [6.45, 7) is 3.68. The van der Waals surface area contributed by atoms with E-state index in [2.05, 4.69) is 5.32 Å². The van der Waals surface area contributed by atoms with E-state index in [1.807, 2.05) is 6.07 Å². The molecule has 4 rings (SSSR count). The van der Waals surface area contributed by atoms with Crippen molar-refractivity contribution in [1.82, 2.24) is 5.32 Å². The lowest BCUT2D eigenvalue weighted by Gasteiger charge is -2.13. The molecule has 0 spiro atoms. The Balaban J connectivity index is 1.39. The van der Waals surface area contributed by atoms with E-state index in [4.69, 9.17) is 30.2 Å². The quantitative estimate of drug-likeness (QED) is 0.634. The number of carbonyl (C=O) groups excluding carboxylic acids is 2. The molecule has 2 heterocycles. The second kappa shape index (κ2) is 7.67. The van der Waals surface area contributed by atoms with E-state index >= 15 is 0 Å². The Hall–Kier alpha value is -3.19. The minimum Gasteiger partial charge on any atom is -0.454 e. The molecule has 1 atom stereocenters. The van der Waals surface area contributed by atoms with Crippen molar-refractivity contribution >= 4 is 34.4 Å². The third kappa shape index (κ3) is 3.73. The van der Waals surface area contributed by atoms with Crippen LogP contribution in [0.4, 0.5) is 0 Å². The number of ether oxygens (including phenoxy) is 3. The minimum absolute atomic E-state index is 0.0310. The number of furan rings is 1. The normalized spacial score (nSPS) is 13.3. The van der Waals surface area contributed by atoms with Crippen molar-refractivity contribution in [3.8, 4) is 11.5 Å². The summed E-state index contributed by atoms with van der Waals surface area (Å²) in [5, 5.41) is 3.86. The predicted molar refractivity (Wildman–Crippen MR) is 105 cm³/mol. The van der Waals surface area contributed by atoms with Crippen molar-refractivity contribution in [2.24, 2.45) is 0 Å². The van der Waals surface area contributed by atoms with E-state index in [-0.39, 0.29) is 19.1 Å². The van der Waals surface area contributed by atoms with Gasteiger partial charge < -0.3 is 23.9 Å². The molecule has 8 heteroatoms. The Kier molecular flexibility index (Phi) is 5.07. The topological polar surface area (TPSA) is 87.0 Å². The number of carbonyl (C=O) groups is 2. The number of nitrogens with one attached hydrogen (secondary N) is 1. The highest BCUT2D eigenvalue weighted by molar-refractivity contribution is 6.35.